The molecule has 0 saturated carbocycles. The highest BCUT2D eigenvalue weighted by Gasteiger charge is 1.99. The molecular formula is C12H26N2O. The molecule has 15 heavy (non-hydrogen) atoms. The Kier molecular flexibility index (Phi) is 9.84. The van der Waals surface area contributed by atoms with E-state index in [-0.39, 0.29) is 0 Å². The first-order valence-corrected chi connectivity index (χ1v) is 6.01. The lowest BCUT2D eigenvalue weighted by atomic mass is 10.2. The highest BCUT2D eigenvalue weighted by molar-refractivity contribution is 5.48. The second-order valence-electron chi connectivity index (χ2n) is 4.22. The first-order chi connectivity index (χ1) is 7.20. The Bertz CT molecular complexity index is 151. The summed E-state index contributed by atoms with van der Waals surface area (Å²) in [4.78, 5) is 14.8. The highest BCUT2D eigenvalue weighted by Crippen LogP contribution is 1.97. The van der Waals surface area contributed by atoms with Crippen LogP contribution >= 0.6 is 0 Å². The van der Waals surface area contributed by atoms with Crippen LogP contribution in [-0.2, 0) is 4.79 Å². The summed E-state index contributed by atoms with van der Waals surface area (Å²) in [6.45, 7) is 6.71. The van der Waals surface area contributed by atoms with E-state index < -0.39 is 0 Å². The van der Waals surface area contributed by atoms with Crippen LogP contribution < -0.4 is 0 Å². The predicted octanol–water partition coefficient (Wildman–Crippen LogP) is 1.63. The van der Waals surface area contributed by atoms with Gasteiger partial charge in [0.15, 0.2) is 0 Å². The van der Waals surface area contributed by atoms with E-state index in [2.05, 4.69) is 30.8 Å². The Morgan fingerprint density at radius 1 is 0.933 bits per heavy atom. The molecule has 3 heteroatoms. The van der Waals surface area contributed by atoms with Gasteiger partial charge in [-0.05, 0) is 59.5 Å². The summed E-state index contributed by atoms with van der Waals surface area (Å²) in [5.41, 5.74) is 0. The lowest BCUT2D eigenvalue weighted by Gasteiger charge is -2.17. The number of hydrogen-bond donors (Lipinski definition) is 0. The van der Waals surface area contributed by atoms with E-state index in [1.165, 1.54) is 19.4 Å². The summed E-state index contributed by atoms with van der Waals surface area (Å²) < 4.78 is 0. The molecule has 0 aliphatic heterocycles. The molecule has 0 fully saturated rings. The van der Waals surface area contributed by atoms with Gasteiger partial charge in [-0.25, -0.2) is 0 Å². The molecule has 0 aliphatic carbocycles. The summed E-state index contributed by atoms with van der Waals surface area (Å²) in [6.07, 6.45) is 5.21. The molecule has 90 valence electrons. The highest BCUT2D eigenvalue weighted by atomic mass is 16.1. The largest absolute Gasteiger partial charge is 0.307 e. The van der Waals surface area contributed by atoms with Gasteiger partial charge in [-0.15, -0.1) is 0 Å². The topological polar surface area (TPSA) is 23.6 Å². The zero-order chi connectivity index (χ0) is 11.5. The molecule has 0 saturated heterocycles. The quantitative estimate of drug-likeness (QED) is 0.408. The molecule has 3 nitrogen and oxygen atoms in total. The van der Waals surface area contributed by atoms with E-state index >= 15 is 0 Å². The molecule has 0 spiro atoms. The van der Waals surface area contributed by atoms with Gasteiger partial charge in [-0.3, -0.25) is 0 Å². The molecule has 0 radical (unpaired) electrons. The van der Waals surface area contributed by atoms with Crippen LogP contribution in [-0.4, -0.2) is 56.4 Å². The minimum atomic E-state index is 0.697. The van der Waals surface area contributed by atoms with Crippen molar-refractivity contribution in [2.75, 3.05) is 40.3 Å². The average Bonchev–Trinajstić information content (AvgIpc) is 2.24. The summed E-state index contributed by atoms with van der Waals surface area (Å²) in [5.74, 6) is 0. The van der Waals surface area contributed by atoms with Crippen LogP contribution in [0.3, 0.4) is 0 Å². The van der Waals surface area contributed by atoms with Crippen LogP contribution in [0.25, 0.3) is 0 Å². The number of nitrogens with zero attached hydrogens (tertiary/aromatic N) is 2. The van der Waals surface area contributed by atoms with Crippen LogP contribution in [0.2, 0.25) is 0 Å². The van der Waals surface area contributed by atoms with Crippen molar-refractivity contribution >= 4 is 6.29 Å². The lowest BCUT2D eigenvalue weighted by Crippen LogP contribution is -2.23. The number of unbranched alkanes of at least 4 members (excludes halogenated alkanes) is 2. The molecule has 0 aromatic rings. The minimum absolute atomic E-state index is 0.697. The Labute approximate surface area is 94.4 Å². The van der Waals surface area contributed by atoms with Crippen LogP contribution in [0.5, 0.6) is 0 Å². The smallest absolute Gasteiger partial charge is 0.120 e. The minimum Gasteiger partial charge on any atom is -0.307 e. The Hall–Kier alpha value is -0.410. The molecule has 0 aromatic carbocycles. The number of hydrogen-bond acceptors (Lipinski definition) is 3. The number of rotatable bonds is 10. The van der Waals surface area contributed by atoms with Crippen molar-refractivity contribution in [3.05, 3.63) is 0 Å². The first-order valence-electron chi connectivity index (χ1n) is 6.01. The van der Waals surface area contributed by atoms with E-state index in [1.54, 1.807) is 0 Å². The maximum atomic E-state index is 10.1. The standard InChI is InChI=1S/C12H26N2O/c1-4-13(2)9-5-6-10-14(3)11-7-8-12-15/h12H,4-11H2,1-3H3. The van der Waals surface area contributed by atoms with Gasteiger partial charge < -0.3 is 14.6 Å². The Morgan fingerprint density at radius 3 is 2.00 bits per heavy atom. The van der Waals surface area contributed by atoms with Gasteiger partial charge in [-0.2, -0.15) is 0 Å². The fraction of sp³-hybridized carbons (Fsp3) is 0.917. The zero-order valence-corrected chi connectivity index (χ0v) is 10.5. The van der Waals surface area contributed by atoms with Crippen molar-refractivity contribution < 1.29 is 4.79 Å². The van der Waals surface area contributed by atoms with Gasteiger partial charge in [0, 0.05) is 6.42 Å². The fourth-order valence-corrected chi connectivity index (χ4v) is 1.48. The second kappa shape index (κ2) is 10.1. The van der Waals surface area contributed by atoms with Crippen molar-refractivity contribution in [3.63, 3.8) is 0 Å². The van der Waals surface area contributed by atoms with E-state index in [9.17, 15) is 4.79 Å². The van der Waals surface area contributed by atoms with E-state index in [4.69, 9.17) is 0 Å². The van der Waals surface area contributed by atoms with Gasteiger partial charge in [0.05, 0.1) is 0 Å². The van der Waals surface area contributed by atoms with Crippen molar-refractivity contribution in [2.45, 2.75) is 32.6 Å². The third-order valence-electron chi connectivity index (χ3n) is 2.73. The van der Waals surface area contributed by atoms with Crippen LogP contribution in [0.15, 0.2) is 0 Å². The van der Waals surface area contributed by atoms with Gasteiger partial charge in [0.25, 0.3) is 0 Å². The van der Waals surface area contributed by atoms with Crippen molar-refractivity contribution in [3.8, 4) is 0 Å². The molecule has 0 bridgehead atoms. The molecule has 0 heterocycles. The molecule has 0 N–H and O–H groups in total. The van der Waals surface area contributed by atoms with Gasteiger partial charge in [-0.1, -0.05) is 6.92 Å². The third kappa shape index (κ3) is 9.88. The normalized spacial score (nSPS) is 11.3. The van der Waals surface area contributed by atoms with E-state index in [0.29, 0.717) is 6.42 Å². The third-order valence-corrected chi connectivity index (χ3v) is 2.73. The number of aldehydes is 1. The van der Waals surface area contributed by atoms with E-state index in [0.717, 1.165) is 32.3 Å². The van der Waals surface area contributed by atoms with E-state index in [1.807, 2.05) is 0 Å². The number of carbonyl (C=O) groups excluding carboxylic acids is 1. The zero-order valence-electron chi connectivity index (χ0n) is 10.5. The van der Waals surface area contributed by atoms with Crippen LogP contribution in [0, 0.1) is 0 Å². The van der Waals surface area contributed by atoms with Gasteiger partial charge in [0.2, 0.25) is 0 Å². The second-order valence-corrected chi connectivity index (χ2v) is 4.22. The average molecular weight is 214 g/mol. The van der Waals surface area contributed by atoms with Crippen molar-refractivity contribution in [2.24, 2.45) is 0 Å². The monoisotopic (exact) mass is 214 g/mol. The van der Waals surface area contributed by atoms with Crippen LogP contribution in [0.1, 0.15) is 32.6 Å². The molecule has 0 rings (SSSR count). The Balaban J connectivity index is 3.23. The predicted molar refractivity (Wildman–Crippen MR) is 65.2 cm³/mol. The Morgan fingerprint density at radius 2 is 1.47 bits per heavy atom. The van der Waals surface area contributed by atoms with Gasteiger partial charge in [0.1, 0.15) is 6.29 Å². The van der Waals surface area contributed by atoms with Crippen LogP contribution in [0.4, 0.5) is 0 Å². The number of carbonyl (C=O) groups is 1. The first kappa shape index (κ1) is 14.6. The molecule has 0 aliphatic rings. The summed E-state index contributed by atoms with van der Waals surface area (Å²) in [5, 5.41) is 0. The van der Waals surface area contributed by atoms with Gasteiger partial charge >= 0.3 is 0 Å². The summed E-state index contributed by atoms with van der Waals surface area (Å²) in [7, 11) is 4.29. The molecule has 0 atom stereocenters. The van der Waals surface area contributed by atoms with Crippen molar-refractivity contribution in [1.29, 1.82) is 0 Å². The van der Waals surface area contributed by atoms with Crippen molar-refractivity contribution in [1.82, 2.24) is 9.80 Å². The lowest BCUT2D eigenvalue weighted by molar-refractivity contribution is -0.108. The maximum absolute atomic E-state index is 10.1. The fourth-order valence-electron chi connectivity index (χ4n) is 1.48. The molecule has 0 aromatic heterocycles. The molecule has 0 unspecified atom stereocenters. The summed E-state index contributed by atoms with van der Waals surface area (Å²) >= 11 is 0. The molecular weight excluding hydrogens is 188 g/mol. The summed E-state index contributed by atoms with van der Waals surface area (Å²) in [6, 6.07) is 0. The molecule has 0 amide bonds. The maximum Gasteiger partial charge on any atom is 0.120 e. The SMILES string of the molecule is CCN(C)CCCCN(C)CCCC=O.